The first-order valence-electron chi connectivity index (χ1n) is 6.78. The van der Waals surface area contributed by atoms with Crippen LogP contribution in [0.25, 0.3) is 0 Å². The van der Waals surface area contributed by atoms with Crippen LogP contribution in [0.1, 0.15) is 58.8 Å². The van der Waals surface area contributed by atoms with Gasteiger partial charge in [-0.25, -0.2) is 0 Å². The van der Waals surface area contributed by atoms with Crippen molar-refractivity contribution in [3.63, 3.8) is 0 Å². The van der Waals surface area contributed by atoms with E-state index in [9.17, 15) is 0 Å². The molecule has 0 bridgehead atoms. The largest absolute Gasteiger partial charge is 0.377 e. The minimum atomic E-state index is -0.0158. The molecule has 1 atom stereocenters. The van der Waals surface area contributed by atoms with Gasteiger partial charge in [-0.15, -0.1) is 0 Å². The lowest BCUT2D eigenvalue weighted by Gasteiger charge is -2.46. The van der Waals surface area contributed by atoms with Gasteiger partial charge >= 0.3 is 0 Å². The summed E-state index contributed by atoms with van der Waals surface area (Å²) in [6, 6.07) is 0.251. The van der Waals surface area contributed by atoms with Crippen molar-refractivity contribution in [2.75, 3.05) is 7.11 Å². The van der Waals surface area contributed by atoms with Gasteiger partial charge in [0.15, 0.2) is 0 Å². The summed E-state index contributed by atoms with van der Waals surface area (Å²) >= 11 is 0. The Labute approximate surface area is 99.9 Å². The van der Waals surface area contributed by atoms with Crippen molar-refractivity contribution in [2.45, 2.75) is 70.4 Å². The monoisotopic (exact) mass is 225 g/mol. The number of hydrogen-bond donors (Lipinski definition) is 1. The maximum Gasteiger partial charge on any atom is 0.0829 e. The molecule has 2 nitrogen and oxygen atoms in total. The number of methoxy groups -OCH3 is 1. The minimum Gasteiger partial charge on any atom is -0.377 e. The highest BCUT2D eigenvalue weighted by Gasteiger charge is 2.44. The third kappa shape index (κ3) is 2.60. The van der Waals surface area contributed by atoms with E-state index in [4.69, 9.17) is 10.5 Å². The second-order valence-electron chi connectivity index (χ2n) is 6.72. The highest BCUT2D eigenvalue weighted by Crippen LogP contribution is 2.45. The molecule has 2 aliphatic rings. The number of nitrogens with two attached hydrogens (primary N) is 1. The van der Waals surface area contributed by atoms with Gasteiger partial charge in [-0.1, -0.05) is 26.7 Å². The third-order valence-corrected chi connectivity index (χ3v) is 4.82. The van der Waals surface area contributed by atoms with Crippen molar-refractivity contribution < 1.29 is 4.74 Å². The highest BCUT2D eigenvalue weighted by molar-refractivity contribution is 4.99. The summed E-state index contributed by atoms with van der Waals surface area (Å²) in [5.41, 5.74) is 6.87. The van der Waals surface area contributed by atoms with E-state index in [-0.39, 0.29) is 11.6 Å². The lowest BCUT2D eigenvalue weighted by molar-refractivity contribution is -0.0806. The van der Waals surface area contributed by atoms with Gasteiger partial charge in [0.05, 0.1) is 5.60 Å². The molecule has 16 heavy (non-hydrogen) atoms. The van der Waals surface area contributed by atoms with Gasteiger partial charge < -0.3 is 10.5 Å². The molecule has 2 rings (SSSR count). The molecule has 0 amide bonds. The second kappa shape index (κ2) is 4.30. The molecule has 2 aliphatic carbocycles. The highest BCUT2D eigenvalue weighted by atomic mass is 16.5. The zero-order valence-electron chi connectivity index (χ0n) is 11.1. The van der Waals surface area contributed by atoms with Crippen LogP contribution in [0.2, 0.25) is 0 Å². The molecule has 0 spiro atoms. The van der Waals surface area contributed by atoms with E-state index in [1.807, 2.05) is 7.11 Å². The van der Waals surface area contributed by atoms with E-state index in [1.165, 1.54) is 32.1 Å². The van der Waals surface area contributed by atoms with Crippen LogP contribution in [0.5, 0.6) is 0 Å². The molecule has 94 valence electrons. The predicted molar refractivity (Wildman–Crippen MR) is 67.3 cm³/mol. The average Bonchev–Trinajstić information content (AvgIpc) is 3.02. The number of hydrogen-bond acceptors (Lipinski definition) is 2. The molecule has 2 heteroatoms. The van der Waals surface area contributed by atoms with Crippen molar-refractivity contribution in [1.82, 2.24) is 0 Å². The molecule has 2 fully saturated rings. The molecule has 1 unspecified atom stereocenters. The van der Waals surface area contributed by atoms with E-state index in [0.717, 1.165) is 18.8 Å². The van der Waals surface area contributed by atoms with Crippen LogP contribution in [0, 0.1) is 11.3 Å². The molecule has 0 saturated heterocycles. The van der Waals surface area contributed by atoms with Gasteiger partial charge in [0, 0.05) is 13.2 Å². The first kappa shape index (κ1) is 12.4. The first-order chi connectivity index (χ1) is 7.47. The SMILES string of the molecule is COC1(C(N)CC2CC2)CCC(C)(C)CC1. The zero-order chi connectivity index (χ0) is 11.8. The van der Waals surface area contributed by atoms with Crippen LogP contribution >= 0.6 is 0 Å². The average molecular weight is 225 g/mol. The smallest absolute Gasteiger partial charge is 0.0829 e. The zero-order valence-corrected chi connectivity index (χ0v) is 11.1. The molecule has 0 aromatic carbocycles. The lowest BCUT2D eigenvalue weighted by Crippen LogP contribution is -2.52. The van der Waals surface area contributed by atoms with Gasteiger partial charge in [-0.3, -0.25) is 0 Å². The van der Waals surface area contributed by atoms with E-state index in [2.05, 4.69) is 13.8 Å². The normalized spacial score (nSPS) is 30.0. The standard InChI is InChI=1S/C14H27NO/c1-13(2)6-8-14(16-3,9-7-13)12(15)10-11-4-5-11/h11-12H,4-10,15H2,1-3H3. The molecule has 0 radical (unpaired) electrons. The maximum atomic E-state index is 6.40. The van der Waals surface area contributed by atoms with Crippen LogP contribution in [-0.4, -0.2) is 18.8 Å². The minimum absolute atomic E-state index is 0.0158. The van der Waals surface area contributed by atoms with Crippen LogP contribution in [0.15, 0.2) is 0 Å². The van der Waals surface area contributed by atoms with Gasteiger partial charge in [0.1, 0.15) is 0 Å². The fourth-order valence-electron chi connectivity index (χ4n) is 3.00. The molecule has 0 aliphatic heterocycles. The van der Waals surface area contributed by atoms with Gasteiger partial charge in [-0.2, -0.15) is 0 Å². The van der Waals surface area contributed by atoms with E-state index < -0.39 is 0 Å². The predicted octanol–water partition coefficient (Wildman–Crippen LogP) is 3.10. The van der Waals surface area contributed by atoms with Crippen LogP contribution in [-0.2, 0) is 4.74 Å². The molecule has 2 saturated carbocycles. The molecule has 0 heterocycles. The van der Waals surface area contributed by atoms with Crippen molar-refractivity contribution in [3.8, 4) is 0 Å². The van der Waals surface area contributed by atoms with Crippen LogP contribution < -0.4 is 5.73 Å². The van der Waals surface area contributed by atoms with E-state index in [1.54, 1.807) is 0 Å². The molecule has 0 aromatic rings. The first-order valence-corrected chi connectivity index (χ1v) is 6.78. The Morgan fingerprint density at radius 3 is 2.19 bits per heavy atom. The second-order valence-corrected chi connectivity index (χ2v) is 6.72. The topological polar surface area (TPSA) is 35.2 Å². The lowest BCUT2D eigenvalue weighted by atomic mass is 9.68. The summed E-state index contributed by atoms with van der Waals surface area (Å²) < 4.78 is 5.84. The summed E-state index contributed by atoms with van der Waals surface area (Å²) in [6.07, 6.45) is 8.74. The number of rotatable bonds is 4. The van der Waals surface area contributed by atoms with Crippen molar-refractivity contribution >= 4 is 0 Å². The van der Waals surface area contributed by atoms with Crippen LogP contribution in [0.4, 0.5) is 0 Å². The molecular formula is C14H27NO. The Bertz CT molecular complexity index is 235. The quantitative estimate of drug-likeness (QED) is 0.798. The Kier molecular flexibility index (Phi) is 3.33. The summed E-state index contributed by atoms with van der Waals surface area (Å²) in [5, 5.41) is 0. The third-order valence-electron chi connectivity index (χ3n) is 4.82. The van der Waals surface area contributed by atoms with E-state index in [0.29, 0.717) is 5.41 Å². The Morgan fingerprint density at radius 2 is 1.75 bits per heavy atom. The van der Waals surface area contributed by atoms with Crippen LogP contribution in [0.3, 0.4) is 0 Å². The van der Waals surface area contributed by atoms with E-state index >= 15 is 0 Å². The van der Waals surface area contributed by atoms with Gasteiger partial charge in [0.2, 0.25) is 0 Å². The van der Waals surface area contributed by atoms with Crippen molar-refractivity contribution in [1.29, 1.82) is 0 Å². The Balaban J connectivity index is 1.96. The molecule has 2 N–H and O–H groups in total. The summed E-state index contributed by atoms with van der Waals surface area (Å²) in [5.74, 6) is 0.900. The molecular weight excluding hydrogens is 198 g/mol. The summed E-state index contributed by atoms with van der Waals surface area (Å²) in [7, 11) is 1.85. The van der Waals surface area contributed by atoms with Crippen molar-refractivity contribution in [3.05, 3.63) is 0 Å². The maximum absolute atomic E-state index is 6.40. The number of ether oxygens (including phenoxy) is 1. The Morgan fingerprint density at radius 1 is 1.19 bits per heavy atom. The fourth-order valence-corrected chi connectivity index (χ4v) is 3.00. The summed E-state index contributed by atoms with van der Waals surface area (Å²) in [6.45, 7) is 4.72. The summed E-state index contributed by atoms with van der Waals surface area (Å²) in [4.78, 5) is 0. The van der Waals surface area contributed by atoms with Gasteiger partial charge in [0.25, 0.3) is 0 Å². The Hall–Kier alpha value is -0.0800. The van der Waals surface area contributed by atoms with Crippen molar-refractivity contribution in [2.24, 2.45) is 17.1 Å². The molecule has 0 aromatic heterocycles. The fraction of sp³-hybridized carbons (Fsp3) is 1.00. The van der Waals surface area contributed by atoms with Gasteiger partial charge in [-0.05, 0) is 43.4 Å².